The monoisotopic (exact) mass is 372 g/mol. The SMILES string of the molecule is C1CCc2nnc(CCc3nnc4n3CCCCC4)n2CC1.Cl.Cl. The Bertz CT molecular complexity index is 595. The Morgan fingerprint density at radius 3 is 1.50 bits per heavy atom. The van der Waals surface area contributed by atoms with E-state index in [2.05, 4.69) is 29.5 Å². The van der Waals surface area contributed by atoms with E-state index < -0.39 is 0 Å². The van der Waals surface area contributed by atoms with Crippen molar-refractivity contribution in [1.82, 2.24) is 29.5 Å². The topological polar surface area (TPSA) is 61.4 Å². The maximum absolute atomic E-state index is 4.43. The standard InChI is InChI=1S/C16H24N6.2ClH/c1-3-7-13-17-19-15(21(13)11-5-1)9-10-16-20-18-14-8-4-2-6-12-22(14)16;;/h1-12H2;2*1H. The van der Waals surface area contributed by atoms with Gasteiger partial charge in [-0.15, -0.1) is 45.2 Å². The fourth-order valence-electron chi connectivity index (χ4n) is 3.68. The summed E-state index contributed by atoms with van der Waals surface area (Å²) in [4.78, 5) is 0. The van der Waals surface area contributed by atoms with Crippen LogP contribution in [0.2, 0.25) is 0 Å². The highest BCUT2D eigenvalue weighted by molar-refractivity contribution is 5.85. The zero-order valence-electron chi connectivity index (χ0n) is 14.0. The summed E-state index contributed by atoms with van der Waals surface area (Å²) in [5.41, 5.74) is 0. The van der Waals surface area contributed by atoms with Gasteiger partial charge in [-0.1, -0.05) is 12.8 Å². The summed E-state index contributed by atoms with van der Waals surface area (Å²) in [6.07, 6.45) is 11.6. The molecule has 0 spiro atoms. The van der Waals surface area contributed by atoms with Crippen LogP contribution < -0.4 is 0 Å². The first-order valence-corrected chi connectivity index (χ1v) is 8.74. The van der Waals surface area contributed by atoms with E-state index in [-0.39, 0.29) is 24.8 Å². The fraction of sp³-hybridized carbons (Fsp3) is 0.750. The highest BCUT2D eigenvalue weighted by atomic mass is 35.5. The minimum absolute atomic E-state index is 0. The van der Waals surface area contributed by atoms with Crippen LogP contribution in [0.15, 0.2) is 0 Å². The van der Waals surface area contributed by atoms with Gasteiger partial charge in [-0.05, 0) is 25.7 Å². The van der Waals surface area contributed by atoms with Crippen molar-refractivity contribution >= 4 is 24.8 Å². The first-order valence-electron chi connectivity index (χ1n) is 8.74. The van der Waals surface area contributed by atoms with Gasteiger partial charge in [-0.3, -0.25) is 0 Å². The normalized spacial score (nSPS) is 16.8. The van der Waals surface area contributed by atoms with Crippen LogP contribution in [0.25, 0.3) is 0 Å². The molecule has 0 radical (unpaired) electrons. The van der Waals surface area contributed by atoms with Gasteiger partial charge in [-0.2, -0.15) is 0 Å². The average Bonchev–Trinajstić information content (AvgIpc) is 2.90. The summed E-state index contributed by atoms with van der Waals surface area (Å²) in [5, 5.41) is 17.6. The molecule has 0 saturated heterocycles. The Hall–Kier alpha value is -1.14. The van der Waals surface area contributed by atoms with Gasteiger partial charge >= 0.3 is 0 Å². The van der Waals surface area contributed by atoms with Crippen LogP contribution in [0.1, 0.15) is 61.8 Å². The van der Waals surface area contributed by atoms with Gasteiger partial charge < -0.3 is 9.13 Å². The molecular formula is C16H26Cl2N6. The Morgan fingerprint density at radius 2 is 1.04 bits per heavy atom. The molecule has 2 aromatic rings. The molecule has 0 aromatic carbocycles. The third-order valence-corrected chi connectivity index (χ3v) is 4.94. The highest BCUT2D eigenvalue weighted by Crippen LogP contribution is 2.18. The molecule has 134 valence electrons. The number of rotatable bonds is 3. The van der Waals surface area contributed by atoms with Crippen molar-refractivity contribution < 1.29 is 0 Å². The van der Waals surface area contributed by atoms with Crippen molar-refractivity contribution in [1.29, 1.82) is 0 Å². The number of aromatic nitrogens is 6. The molecule has 0 bridgehead atoms. The minimum Gasteiger partial charge on any atom is -0.315 e. The second kappa shape index (κ2) is 8.81. The van der Waals surface area contributed by atoms with E-state index >= 15 is 0 Å². The van der Waals surface area contributed by atoms with Crippen LogP contribution in [-0.2, 0) is 38.8 Å². The quantitative estimate of drug-likeness (QED) is 0.830. The molecule has 8 heteroatoms. The summed E-state index contributed by atoms with van der Waals surface area (Å²) in [6.45, 7) is 2.16. The lowest BCUT2D eigenvalue weighted by molar-refractivity contribution is 0.581. The van der Waals surface area contributed by atoms with Crippen molar-refractivity contribution in [2.24, 2.45) is 0 Å². The summed E-state index contributed by atoms with van der Waals surface area (Å²) < 4.78 is 4.68. The van der Waals surface area contributed by atoms with Gasteiger partial charge in [0.1, 0.15) is 23.3 Å². The van der Waals surface area contributed by atoms with Gasteiger partial charge in [0.25, 0.3) is 0 Å². The lowest BCUT2D eigenvalue weighted by atomic mass is 10.2. The fourth-order valence-corrected chi connectivity index (χ4v) is 3.68. The van der Waals surface area contributed by atoms with E-state index in [9.17, 15) is 0 Å². The molecule has 24 heavy (non-hydrogen) atoms. The molecule has 0 aliphatic carbocycles. The first-order chi connectivity index (χ1) is 10.9. The molecule has 4 heterocycles. The second-order valence-corrected chi connectivity index (χ2v) is 6.49. The Morgan fingerprint density at radius 1 is 0.583 bits per heavy atom. The summed E-state index contributed by atoms with van der Waals surface area (Å²) in [5.74, 6) is 4.60. The maximum Gasteiger partial charge on any atom is 0.133 e. The lowest BCUT2D eigenvalue weighted by Gasteiger charge is -2.08. The van der Waals surface area contributed by atoms with Crippen LogP contribution in [0, 0.1) is 0 Å². The van der Waals surface area contributed by atoms with Crippen LogP contribution in [0.5, 0.6) is 0 Å². The average molecular weight is 373 g/mol. The van der Waals surface area contributed by atoms with E-state index in [0.29, 0.717) is 0 Å². The Kier molecular flexibility index (Phi) is 7.04. The molecule has 4 rings (SSSR count). The van der Waals surface area contributed by atoms with Crippen LogP contribution >= 0.6 is 24.8 Å². The van der Waals surface area contributed by atoms with Crippen LogP contribution in [0.3, 0.4) is 0 Å². The van der Waals surface area contributed by atoms with E-state index in [4.69, 9.17) is 0 Å². The Balaban J connectivity index is 0.00000104. The van der Waals surface area contributed by atoms with Crippen molar-refractivity contribution in [2.45, 2.75) is 77.3 Å². The molecule has 2 aromatic heterocycles. The molecule has 6 nitrogen and oxygen atoms in total. The summed E-state index contributed by atoms with van der Waals surface area (Å²) >= 11 is 0. The van der Waals surface area contributed by atoms with Gasteiger partial charge in [0, 0.05) is 38.8 Å². The maximum atomic E-state index is 4.43. The molecule has 2 aliphatic rings. The number of aryl methyl sites for hydroxylation is 4. The van der Waals surface area contributed by atoms with Crippen molar-refractivity contribution in [2.75, 3.05) is 0 Å². The van der Waals surface area contributed by atoms with Gasteiger partial charge in [0.15, 0.2) is 0 Å². The zero-order chi connectivity index (χ0) is 14.8. The third-order valence-electron chi connectivity index (χ3n) is 4.94. The molecule has 0 atom stereocenters. The summed E-state index contributed by atoms with van der Waals surface area (Å²) in [6, 6.07) is 0. The smallest absolute Gasteiger partial charge is 0.133 e. The lowest BCUT2D eigenvalue weighted by Crippen LogP contribution is -2.10. The minimum atomic E-state index is 0. The van der Waals surface area contributed by atoms with Crippen molar-refractivity contribution in [3.05, 3.63) is 23.3 Å². The highest BCUT2D eigenvalue weighted by Gasteiger charge is 2.17. The summed E-state index contributed by atoms with van der Waals surface area (Å²) in [7, 11) is 0. The molecule has 0 unspecified atom stereocenters. The number of hydrogen-bond acceptors (Lipinski definition) is 4. The van der Waals surface area contributed by atoms with Crippen molar-refractivity contribution in [3.63, 3.8) is 0 Å². The molecule has 0 N–H and O–H groups in total. The van der Waals surface area contributed by atoms with Gasteiger partial charge in [0.05, 0.1) is 0 Å². The largest absolute Gasteiger partial charge is 0.315 e. The number of fused-ring (bicyclic) bond motifs is 2. The molecule has 0 amide bonds. The Labute approximate surface area is 155 Å². The molecule has 0 saturated carbocycles. The van der Waals surface area contributed by atoms with E-state index in [1.54, 1.807) is 0 Å². The predicted octanol–water partition coefficient (Wildman–Crippen LogP) is 2.95. The van der Waals surface area contributed by atoms with Crippen LogP contribution in [0.4, 0.5) is 0 Å². The van der Waals surface area contributed by atoms with Gasteiger partial charge in [-0.25, -0.2) is 0 Å². The van der Waals surface area contributed by atoms with E-state index in [1.165, 1.54) is 50.2 Å². The van der Waals surface area contributed by atoms with Gasteiger partial charge in [0.2, 0.25) is 0 Å². The molecule has 0 fully saturated rings. The van der Waals surface area contributed by atoms with E-state index in [0.717, 1.165) is 50.4 Å². The van der Waals surface area contributed by atoms with Crippen molar-refractivity contribution in [3.8, 4) is 0 Å². The molecular weight excluding hydrogens is 347 g/mol. The number of nitrogens with zero attached hydrogens (tertiary/aromatic N) is 6. The molecule has 2 aliphatic heterocycles. The van der Waals surface area contributed by atoms with E-state index in [1.807, 2.05) is 0 Å². The zero-order valence-corrected chi connectivity index (χ0v) is 15.6. The predicted molar refractivity (Wildman–Crippen MR) is 97.1 cm³/mol. The number of hydrogen-bond donors (Lipinski definition) is 0. The third kappa shape index (κ3) is 3.91. The number of halogens is 2. The van der Waals surface area contributed by atoms with Crippen LogP contribution in [-0.4, -0.2) is 29.5 Å². The second-order valence-electron chi connectivity index (χ2n) is 6.49. The first kappa shape index (κ1) is 19.2.